The quantitative estimate of drug-likeness (QED) is 0.620. The molecule has 0 spiro atoms. The molecule has 1 aliphatic heterocycles. The molecule has 0 bridgehead atoms. The maximum absolute atomic E-state index is 10.4. The zero-order valence-corrected chi connectivity index (χ0v) is 6.43. The highest BCUT2D eigenvalue weighted by molar-refractivity contribution is 5.85. The van der Waals surface area contributed by atoms with Crippen LogP contribution in [0.15, 0.2) is 0 Å². The van der Waals surface area contributed by atoms with Crippen molar-refractivity contribution in [3.63, 3.8) is 0 Å². The Morgan fingerprint density at radius 3 is 3.00 bits per heavy atom. The fourth-order valence-corrected chi connectivity index (χ4v) is 1.11. The molecule has 60 valence electrons. The monoisotopic (exact) mass is 166 g/mol. The van der Waals surface area contributed by atoms with Gasteiger partial charge >= 0.3 is 5.97 Å². The largest absolute Gasteiger partial charge is 0.480 e. The van der Waals surface area contributed by atoms with Gasteiger partial charge in [-0.3, -0.25) is 9.69 Å². The van der Waals surface area contributed by atoms with Crippen molar-refractivity contribution in [2.24, 2.45) is 0 Å². The highest BCUT2D eigenvalue weighted by Crippen LogP contribution is 2.13. The summed E-state index contributed by atoms with van der Waals surface area (Å²) in [5.74, 6) is -0.787. The minimum absolute atomic E-state index is 0. The molecular weight excluding hydrogens is 154 g/mol. The lowest BCUT2D eigenvalue weighted by molar-refractivity contribution is -0.141. The van der Waals surface area contributed by atoms with Gasteiger partial charge in [-0.25, -0.2) is 0 Å². The summed E-state index contributed by atoms with van der Waals surface area (Å²) in [6.07, 6.45) is 1.62. The van der Waals surface area contributed by atoms with E-state index < -0.39 is 12.0 Å². The Bertz CT molecular complexity index is 145. The molecule has 0 saturated carbocycles. The van der Waals surface area contributed by atoms with Gasteiger partial charge in [-0.15, -0.1) is 12.4 Å². The second kappa shape index (κ2) is 3.78. The Morgan fingerprint density at radius 1 is 1.90 bits per heavy atom. The Balaban J connectivity index is 0.000001000. The van der Waals surface area contributed by atoms with Crippen molar-refractivity contribution in [2.75, 3.05) is 13.6 Å². The second-order valence-electron chi connectivity index (χ2n) is 2.31. The number of nitrogens with zero attached hydrogens (tertiary/aromatic N) is 1. The van der Waals surface area contributed by atoms with Gasteiger partial charge < -0.3 is 5.11 Å². The van der Waals surface area contributed by atoms with Crippen LogP contribution in [-0.4, -0.2) is 35.6 Å². The van der Waals surface area contributed by atoms with Crippen molar-refractivity contribution in [3.05, 3.63) is 0 Å². The number of carboxylic acid groups (broad SMARTS) is 1. The third-order valence-corrected chi connectivity index (χ3v) is 1.65. The van der Waals surface area contributed by atoms with Crippen LogP contribution in [0.25, 0.3) is 0 Å². The number of likely N-dealkylation sites (tertiary alicyclic amines) is 1. The van der Waals surface area contributed by atoms with E-state index in [9.17, 15) is 4.79 Å². The molecule has 0 radical (unpaired) electrons. The summed E-state index contributed by atoms with van der Waals surface area (Å²) in [6, 6.07) is -0.391. The van der Waals surface area contributed by atoms with Crippen molar-refractivity contribution in [3.8, 4) is 0 Å². The zero-order chi connectivity index (χ0) is 7.56. The van der Waals surface area contributed by atoms with Crippen molar-refractivity contribution < 1.29 is 11.3 Å². The van der Waals surface area contributed by atoms with E-state index in [0.717, 1.165) is 13.0 Å². The van der Waals surface area contributed by atoms with Gasteiger partial charge in [-0.05, 0) is 26.4 Å². The topological polar surface area (TPSA) is 40.5 Å². The third-order valence-electron chi connectivity index (χ3n) is 1.65. The number of aliphatic carboxylic acids is 1. The lowest BCUT2D eigenvalue weighted by atomic mass is 10.2. The highest BCUT2D eigenvalue weighted by Gasteiger charge is 2.26. The van der Waals surface area contributed by atoms with Crippen molar-refractivity contribution >= 4 is 18.4 Å². The molecule has 0 aromatic rings. The summed E-state index contributed by atoms with van der Waals surface area (Å²) in [4.78, 5) is 12.1. The van der Waals surface area contributed by atoms with Crippen LogP contribution in [0.3, 0.4) is 0 Å². The van der Waals surface area contributed by atoms with Gasteiger partial charge in [0.2, 0.25) is 0 Å². The van der Waals surface area contributed by atoms with Crippen LogP contribution in [0.2, 0.25) is 0 Å². The number of halogens is 1. The van der Waals surface area contributed by atoms with E-state index in [1.165, 1.54) is 0 Å². The lowest BCUT2D eigenvalue weighted by Gasteiger charge is -2.13. The summed E-state index contributed by atoms with van der Waals surface area (Å²) >= 11 is 0. The molecule has 1 fully saturated rings. The zero-order valence-electron chi connectivity index (χ0n) is 6.62. The summed E-state index contributed by atoms with van der Waals surface area (Å²) in [6.45, 7) is 0.764. The first-order chi connectivity index (χ1) is 4.75. The normalized spacial score (nSPS) is 27.2. The van der Waals surface area contributed by atoms with Crippen molar-refractivity contribution in [2.45, 2.75) is 18.9 Å². The van der Waals surface area contributed by atoms with Gasteiger partial charge in [0, 0.05) is 1.37 Å². The molecule has 3 nitrogen and oxygen atoms in total. The number of hydrogen-bond acceptors (Lipinski definition) is 2. The van der Waals surface area contributed by atoms with Gasteiger partial charge in [0.1, 0.15) is 6.04 Å². The lowest BCUT2D eigenvalue weighted by Crippen LogP contribution is -2.32. The van der Waals surface area contributed by atoms with Crippen LogP contribution in [-0.2, 0) is 4.79 Å². The number of carboxylic acids is 1. The van der Waals surface area contributed by atoms with E-state index in [4.69, 9.17) is 6.48 Å². The summed E-state index contributed by atoms with van der Waals surface area (Å²) < 4.78 is 6.99. The van der Waals surface area contributed by atoms with E-state index in [2.05, 4.69) is 0 Å². The molecule has 1 rings (SSSR count). The average Bonchev–Trinajstić information content (AvgIpc) is 2.33. The fourth-order valence-electron chi connectivity index (χ4n) is 1.11. The predicted octanol–water partition coefficient (Wildman–Crippen LogP) is 0.587. The molecule has 0 aromatic heterocycles. The second-order valence-corrected chi connectivity index (χ2v) is 2.31. The van der Waals surface area contributed by atoms with Crippen LogP contribution in [0.4, 0.5) is 0 Å². The SMILES string of the molecule is Cl.[2H]CN1CCC[C@H]1C(=O)O. The molecule has 1 atom stereocenters. The van der Waals surface area contributed by atoms with Crippen molar-refractivity contribution in [1.29, 1.82) is 0 Å². The fraction of sp³-hybridized carbons (Fsp3) is 0.833. The number of likely N-dealkylation sites (N-methyl/N-ethyl adjacent to an activating group) is 1. The molecule has 0 aliphatic carbocycles. The van der Waals surface area contributed by atoms with Crippen LogP contribution in [0.5, 0.6) is 0 Å². The Kier molecular flexibility index (Phi) is 2.96. The highest BCUT2D eigenvalue weighted by atomic mass is 35.5. The molecule has 10 heavy (non-hydrogen) atoms. The maximum Gasteiger partial charge on any atom is 0.320 e. The standard InChI is InChI=1S/C6H11NO2.ClH/c1-7-4-2-3-5(7)6(8)9;/h5H,2-4H2,1H3,(H,8,9);1H/t5-;/m0./s1/i1D;. The van der Waals surface area contributed by atoms with Gasteiger partial charge in [0.25, 0.3) is 0 Å². The Hall–Kier alpha value is -0.280. The van der Waals surface area contributed by atoms with Crippen LogP contribution >= 0.6 is 12.4 Å². The molecular formula is C6H12ClNO2. The van der Waals surface area contributed by atoms with Gasteiger partial charge in [0.15, 0.2) is 0 Å². The maximum atomic E-state index is 10.4. The average molecular weight is 167 g/mol. The first kappa shape index (κ1) is 7.82. The minimum Gasteiger partial charge on any atom is -0.480 e. The van der Waals surface area contributed by atoms with Crippen LogP contribution in [0.1, 0.15) is 14.2 Å². The molecule has 0 amide bonds. The van der Waals surface area contributed by atoms with E-state index in [1.54, 1.807) is 4.90 Å². The smallest absolute Gasteiger partial charge is 0.320 e. The molecule has 0 aromatic carbocycles. The molecule has 1 heterocycles. The third kappa shape index (κ3) is 1.85. The number of rotatable bonds is 1. The van der Waals surface area contributed by atoms with Crippen molar-refractivity contribution in [1.82, 2.24) is 4.90 Å². The molecule has 1 N–H and O–H groups in total. The van der Waals surface area contributed by atoms with E-state index >= 15 is 0 Å². The Labute approximate surface area is 67.8 Å². The van der Waals surface area contributed by atoms with E-state index in [0.29, 0.717) is 6.42 Å². The van der Waals surface area contributed by atoms with Crippen LogP contribution in [0, 0.1) is 0 Å². The first-order valence-electron chi connectivity index (χ1n) is 3.72. The van der Waals surface area contributed by atoms with Gasteiger partial charge in [-0.2, -0.15) is 0 Å². The predicted molar refractivity (Wildman–Crippen MR) is 40.5 cm³/mol. The molecule has 1 aliphatic rings. The first-order valence-corrected chi connectivity index (χ1v) is 3.02. The van der Waals surface area contributed by atoms with Gasteiger partial charge in [0.05, 0.1) is 0 Å². The number of hydrogen-bond donors (Lipinski definition) is 1. The van der Waals surface area contributed by atoms with Gasteiger partial charge in [-0.1, -0.05) is 0 Å². The molecule has 1 saturated heterocycles. The summed E-state index contributed by atoms with van der Waals surface area (Å²) in [7, 11) is 0.108. The van der Waals surface area contributed by atoms with E-state index in [1.807, 2.05) is 0 Å². The number of carbonyl (C=O) groups is 1. The molecule has 0 unspecified atom stereocenters. The molecule has 4 heteroatoms. The van der Waals surface area contributed by atoms with Crippen LogP contribution < -0.4 is 0 Å². The summed E-state index contributed by atoms with van der Waals surface area (Å²) in [5.41, 5.74) is 0. The summed E-state index contributed by atoms with van der Waals surface area (Å²) in [5, 5.41) is 8.59. The Morgan fingerprint density at radius 2 is 2.60 bits per heavy atom. The van der Waals surface area contributed by atoms with E-state index in [-0.39, 0.29) is 19.4 Å². The minimum atomic E-state index is -0.787.